The van der Waals surface area contributed by atoms with Crippen LogP contribution in [0.1, 0.15) is 52.1 Å². The highest BCUT2D eigenvalue weighted by atomic mass is 16.5. The molecule has 1 rings (SSSR count). The van der Waals surface area contributed by atoms with Crippen molar-refractivity contribution in [1.29, 1.82) is 0 Å². The van der Waals surface area contributed by atoms with E-state index in [9.17, 15) is 0 Å². The Labute approximate surface area is 112 Å². The van der Waals surface area contributed by atoms with Crippen molar-refractivity contribution in [2.75, 3.05) is 13.2 Å². The molecule has 1 atom stereocenters. The van der Waals surface area contributed by atoms with Crippen LogP contribution in [-0.2, 0) is 0 Å². The van der Waals surface area contributed by atoms with Gasteiger partial charge in [0, 0.05) is 6.04 Å². The number of rotatable bonds is 8. The molecule has 2 heteroatoms. The fraction of sp³-hybridized carbons (Fsp3) is 0.625. The van der Waals surface area contributed by atoms with E-state index in [4.69, 9.17) is 4.74 Å². The average Bonchev–Trinajstić information content (AvgIpc) is 2.36. The van der Waals surface area contributed by atoms with E-state index < -0.39 is 0 Å². The minimum absolute atomic E-state index is 0.466. The van der Waals surface area contributed by atoms with Gasteiger partial charge in [0.25, 0.3) is 0 Å². The van der Waals surface area contributed by atoms with Crippen molar-refractivity contribution in [3.05, 3.63) is 29.8 Å². The summed E-state index contributed by atoms with van der Waals surface area (Å²) in [6, 6.07) is 8.96. The van der Waals surface area contributed by atoms with Crippen molar-refractivity contribution in [3.63, 3.8) is 0 Å². The first-order chi connectivity index (χ1) is 8.67. The van der Waals surface area contributed by atoms with Crippen molar-refractivity contribution in [1.82, 2.24) is 5.32 Å². The van der Waals surface area contributed by atoms with Crippen LogP contribution >= 0.6 is 0 Å². The predicted octanol–water partition coefficient (Wildman–Crippen LogP) is 4.17. The summed E-state index contributed by atoms with van der Waals surface area (Å²) in [6.07, 6.45) is 2.45. The number of ether oxygens (including phenoxy) is 1. The fourth-order valence-corrected chi connectivity index (χ4v) is 2.10. The van der Waals surface area contributed by atoms with E-state index >= 15 is 0 Å². The first kappa shape index (κ1) is 15.0. The molecule has 0 saturated heterocycles. The summed E-state index contributed by atoms with van der Waals surface area (Å²) in [6.45, 7) is 10.5. The van der Waals surface area contributed by atoms with Crippen LogP contribution in [0.25, 0.3) is 0 Å². The van der Waals surface area contributed by atoms with Gasteiger partial charge in [0.05, 0.1) is 6.61 Å². The third-order valence-corrected chi connectivity index (χ3v) is 3.08. The summed E-state index contributed by atoms with van der Waals surface area (Å²) in [5.41, 5.74) is 1.36. The normalized spacial score (nSPS) is 12.7. The van der Waals surface area contributed by atoms with Crippen LogP contribution < -0.4 is 10.1 Å². The maximum absolute atomic E-state index is 5.48. The first-order valence-electron chi connectivity index (χ1n) is 7.13. The lowest BCUT2D eigenvalue weighted by molar-refractivity contribution is 0.340. The second-order valence-corrected chi connectivity index (χ2v) is 5.08. The Kier molecular flexibility index (Phi) is 6.81. The molecule has 0 aliphatic heterocycles. The fourth-order valence-electron chi connectivity index (χ4n) is 2.10. The van der Waals surface area contributed by atoms with Crippen LogP contribution in [0.15, 0.2) is 24.3 Å². The summed E-state index contributed by atoms with van der Waals surface area (Å²) in [4.78, 5) is 0. The van der Waals surface area contributed by atoms with Crippen LogP contribution in [0.2, 0.25) is 0 Å². The zero-order valence-electron chi connectivity index (χ0n) is 12.2. The summed E-state index contributed by atoms with van der Waals surface area (Å²) in [5.74, 6) is 1.72. The Bertz CT molecular complexity index is 318. The zero-order chi connectivity index (χ0) is 13.4. The Morgan fingerprint density at radius 2 is 1.72 bits per heavy atom. The molecule has 0 saturated carbocycles. The molecule has 1 aromatic rings. The molecule has 0 bridgehead atoms. The van der Waals surface area contributed by atoms with Gasteiger partial charge in [0.15, 0.2) is 0 Å². The zero-order valence-corrected chi connectivity index (χ0v) is 12.2. The van der Waals surface area contributed by atoms with Gasteiger partial charge >= 0.3 is 0 Å². The average molecular weight is 249 g/mol. The van der Waals surface area contributed by atoms with Crippen molar-refractivity contribution < 1.29 is 4.74 Å². The van der Waals surface area contributed by atoms with Crippen LogP contribution in [0.5, 0.6) is 5.75 Å². The third-order valence-electron chi connectivity index (χ3n) is 3.08. The molecular weight excluding hydrogens is 222 g/mol. The highest BCUT2D eigenvalue weighted by Gasteiger charge is 2.10. The van der Waals surface area contributed by atoms with Gasteiger partial charge in [-0.1, -0.05) is 32.9 Å². The van der Waals surface area contributed by atoms with E-state index in [1.807, 2.05) is 6.92 Å². The van der Waals surface area contributed by atoms with Gasteiger partial charge < -0.3 is 10.1 Å². The van der Waals surface area contributed by atoms with E-state index in [0.29, 0.717) is 6.04 Å². The van der Waals surface area contributed by atoms with Crippen LogP contribution in [0.4, 0.5) is 0 Å². The monoisotopic (exact) mass is 249 g/mol. The maximum Gasteiger partial charge on any atom is 0.119 e. The van der Waals surface area contributed by atoms with Gasteiger partial charge in [-0.25, -0.2) is 0 Å². The van der Waals surface area contributed by atoms with Gasteiger partial charge in [-0.3, -0.25) is 0 Å². The molecule has 0 aromatic heterocycles. The molecule has 102 valence electrons. The van der Waals surface area contributed by atoms with Crippen molar-refractivity contribution >= 4 is 0 Å². The number of hydrogen-bond donors (Lipinski definition) is 1. The van der Waals surface area contributed by atoms with Crippen LogP contribution in [-0.4, -0.2) is 13.2 Å². The Morgan fingerprint density at radius 3 is 2.22 bits per heavy atom. The summed E-state index contributed by atoms with van der Waals surface area (Å²) >= 11 is 0. The van der Waals surface area contributed by atoms with Gasteiger partial charge in [-0.05, 0) is 49.9 Å². The highest BCUT2D eigenvalue weighted by molar-refractivity contribution is 5.29. The Balaban J connectivity index is 2.65. The molecule has 0 radical (unpaired) electrons. The van der Waals surface area contributed by atoms with E-state index in [1.54, 1.807) is 0 Å². The quantitative estimate of drug-likeness (QED) is 0.746. The molecule has 1 N–H and O–H groups in total. The minimum atomic E-state index is 0.466. The second-order valence-electron chi connectivity index (χ2n) is 5.08. The molecule has 0 aliphatic carbocycles. The van der Waals surface area contributed by atoms with Gasteiger partial charge in [0.1, 0.15) is 5.75 Å². The highest BCUT2D eigenvalue weighted by Crippen LogP contribution is 2.23. The molecule has 2 nitrogen and oxygen atoms in total. The van der Waals surface area contributed by atoms with Gasteiger partial charge in [-0.2, -0.15) is 0 Å². The maximum atomic E-state index is 5.48. The van der Waals surface area contributed by atoms with Crippen LogP contribution in [0, 0.1) is 5.92 Å². The number of benzene rings is 1. The molecule has 0 spiro atoms. The molecular formula is C16H27NO. The van der Waals surface area contributed by atoms with Crippen molar-refractivity contribution in [3.8, 4) is 5.75 Å². The second kappa shape index (κ2) is 8.15. The topological polar surface area (TPSA) is 21.3 Å². The molecule has 1 aromatic carbocycles. The summed E-state index contributed by atoms with van der Waals surface area (Å²) in [5, 5.41) is 3.56. The molecule has 0 aliphatic rings. The molecule has 0 heterocycles. The lowest BCUT2D eigenvalue weighted by Gasteiger charge is -2.19. The minimum Gasteiger partial charge on any atom is -0.494 e. The summed E-state index contributed by atoms with van der Waals surface area (Å²) in [7, 11) is 0. The van der Waals surface area contributed by atoms with E-state index in [2.05, 4.69) is 50.4 Å². The summed E-state index contributed by atoms with van der Waals surface area (Å²) < 4.78 is 5.48. The van der Waals surface area contributed by atoms with E-state index in [0.717, 1.165) is 24.8 Å². The lowest BCUT2D eigenvalue weighted by atomic mass is 9.97. The van der Waals surface area contributed by atoms with Gasteiger partial charge in [-0.15, -0.1) is 0 Å². The van der Waals surface area contributed by atoms with E-state index in [1.165, 1.54) is 18.4 Å². The SMILES string of the molecule is CCNC(CCC(C)C)c1ccc(OCC)cc1. The molecule has 0 amide bonds. The largest absolute Gasteiger partial charge is 0.494 e. The van der Waals surface area contributed by atoms with Gasteiger partial charge in [0.2, 0.25) is 0 Å². The molecule has 18 heavy (non-hydrogen) atoms. The molecule has 1 unspecified atom stereocenters. The standard InChI is InChI=1S/C16H27NO/c1-5-17-16(12-7-13(3)4)14-8-10-15(11-9-14)18-6-2/h8-11,13,16-17H,5-7,12H2,1-4H3. The first-order valence-corrected chi connectivity index (χ1v) is 7.13. The lowest BCUT2D eigenvalue weighted by Crippen LogP contribution is -2.21. The smallest absolute Gasteiger partial charge is 0.119 e. The van der Waals surface area contributed by atoms with E-state index in [-0.39, 0.29) is 0 Å². The number of hydrogen-bond acceptors (Lipinski definition) is 2. The Morgan fingerprint density at radius 1 is 1.06 bits per heavy atom. The Hall–Kier alpha value is -1.02. The predicted molar refractivity (Wildman–Crippen MR) is 78.1 cm³/mol. The van der Waals surface area contributed by atoms with Crippen LogP contribution in [0.3, 0.4) is 0 Å². The van der Waals surface area contributed by atoms with Crippen molar-refractivity contribution in [2.45, 2.75) is 46.6 Å². The third kappa shape index (κ3) is 5.09. The number of nitrogens with one attached hydrogen (secondary N) is 1. The molecule has 0 fully saturated rings. The van der Waals surface area contributed by atoms with Crippen molar-refractivity contribution in [2.24, 2.45) is 5.92 Å².